The normalized spacial score (nSPS) is 11.6. The molecule has 10 heteroatoms. The summed E-state index contributed by atoms with van der Waals surface area (Å²) in [6.07, 6.45) is 2.73. The summed E-state index contributed by atoms with van der Waals surface area (Å²) < 4.78 is 38.3. The topological polar surface area (TPSA) is 104 Å². The van der Waals surface area contributed by atoms with Crippen molar-refractivity contribution in [3.8, 4) is 0 Å². The summed E-state index contributed by atoms with van der Waals surface area (Å²) in [7, 11) is -1.63. The second kappa shape index (κ2) is 7.38. The van der Waals surface area contributed by atoms with Crippen molar-refractivity contribution in [1.82, 2.24) is 20.2 Å². The third-order valence-electron chi connectivity index (χ3n) is 4.69. The lowest BCUT2D eigenvalue weighted by atomic mass is 10.2. The summed E-state index contributed by atoms with van der Waals surface area (Å²) in [5, 5.41) is 10.2. The fourth-order valence-electron chi connectivity index (χ4n) is 3.13. The van der Waals surface area contributed by atoms with E-state index in [2.05, 4.69) is 25.5 Å². The number of H-pyrrole nitrogens is 1. The van der Waals surface area contributed by atoms with Crippen LogP contribution in [0.15, 0.2) is 53.6 Å². The number of aromatic nitrogens is 4. The van der Waals surface area contributed by atoms with Crippen LogP contribution in [0.2, 0.25) is 0 Å². The summed E-state index contributed by atoms with van der Waals surface area (Å²) in [6.45, 7) is 1.74. The highest BCUT2D eigenvalue weighted by atomic mass is 32.2. The Labute approximate surface area is 172 Å². The lowest BCUT2D eigenvalue weighted by Gasteiger charge is -2.19. The number of nitrogens with zero attached hydrogens (tertiary/aromatic N) is 4. The van der Waals surface area contributed by atoms with Crippen LogP contribution >= 0.6 is 0 Å². The minimum absolute atomic E-state index is 0.250. The number of fused-ring (bicyclic) bond motifs is 1. The summed E-state index contributed by atoms with van der Waals surface area (Å²) in [4.78, 5) is 10.6. The van der Waals surface area contributed by atoms with Crippen molar-refractivity contribution in [1.29, 1.82) is 0 Å². The molecule has 0 unspecified atom stereocenters. The van der Waals surface area contributed by atoms with Gasteiger partial charge in [-0.05, 0) is 42.8 Å². The van der Waals surface area contributed by atoms with Crippen LogP contribution in [0.25, 0.3) is 10.9 Å². The van der Waals surface area contributed by atoms with Crippen LogP contribution in [0, 0.1) is 12.7 Å². The van der Waals surface area contributed by atoms with Gasteiger partial charge >= 0.3 is 0 Å². The Hall–Kier alpha value is -3.53. The van der Waals surface area contributed by atoms with Crippen LogP contribution in [0.4, 0.5) is 27.7 Å². The third kappa shape index (κ3) is 3.69. The Morgan fingerprint density at radius 3 is 2.73 bits per heavy atom. The summed E-state index contributed by atoms with van der Waals surface area (Å²) in [5.41, 5.74) is 1.85. The van der Waals surface area contributed by atoms with Gasteiger partial charge in [-0.25, -0.2) is 17.8 Å². The number of sulfone groups is 1. The first-order valence-corrected chi connectivity index (χ1v) is 10.9. The van der Waals surface area contributed by atoms with Gasteiger partial charge in [0.05, 0.1) is 15.8 Å². The van der Waals surface area contributed by atoms with Crippen molar-refractivity contribution in [2.45, 2.75) is 11.8 Å². The van der Waals surface area contributed by atoms with Crippen molar-refractivity contribution in [3.05, 3.63) is 60.0 Å². The molecule has 154 valence electrons. The van der Waals surface area contributed by atoms with Gasteiger partial charge in [-0.2, -0.15) is 10.1 Å². The molecule has 0 amide bonds. The van der Waals surface area contributed by atoms with E-state index in [1.54, 1.807) is 61.5 Å². The molecule has 2 aromatic heterocycles. The molecule has 2 N–H and O–H groups in total. The highest BCUT2D eigenvalue weighted by Gasteiger charge is 2.16. The quantitative estimate of drug-likeness (QED) is 0.501. The van der Waals surface area contributed by atoms with Crippen LogP contribution in [0.3, 0.4) is 0 Å². The molecule has 0 aliphatic heterocycles. The zero-order valence-corrected chi connectivity index (χ0v) is 17.3. The fraction of sp³-hybridized carbons (Fsp3) is 0.150. The van der Waals surface area contributed by atoms with E-state index in [1.807, 2.05) is 0 Å². The molecule has 0 aliphatic rings. The van der Waals surface area contributed by atoms with E-state index >= 15 is 0 Å². The van der Waals surface area contributed by atoms with E-state index in [9.17, 15) is 12.8 Å². The van der Waals surface area contributed by atoms with Gasteiger partial charge in [0.1, 0.15) is 11.6 Å². The van der Waals surface area contributed by atoms with E-state index in [0.717, 1.165) is 0 Å². The number of rotatable bonds is 5. The SMILES string of the molecule is Cc1ccc(N(C)c2nccc(Nc3n[nH]c4cccc(F)c34)n2)cc1S(C)(=O)=O. The zero-order valence-electron chi connectivity index (χ0n) is 16.5. The molecule has 8 nitrogen and oxygen atoms in total. The maximum absolute atomic E-state index is 14.2. The zero-order chi connectivity index (χ0) is 21.5. The smallest absolute Gasteiger partial charge is 0.231 e. The second-order valence-corrected chi connectivity index (χ2v) is 8.87. The predicted octanol–water partition coefficient (Wildman–Crippen LogP) is 3.72. The first-order valence-electron chi connectivity index (χ1n) is 9.01. The molecule has 0 radical (unpaired) electrons. The number of anilines is 4. The largest absolute Gasteiger partial charge is 0.323 e. The van der Waals surface area contributed by atoms with Gasteiger partial charge < -0.3 is 10.2 Å². The molecule has 2 heterocycles. The Morgan fingerprint density at radius 1 is 1.17 bits per heavy atom. The predicted molar refractivity (Wildman–Crippen MR) is 114 cm³/mol. The Kier molecular flexibility index (Phi) is 4.86. The van der Waals surface area contributed by atoms with Crippen LogP contribution in [-0.4, -0.2) is 41.9 Å². The average Bonchev–Trinajstić information content (AvgIpc) is 3.11. The lowest BCUT2D eigenvalue weighted by Crippen LogP contribution is -2.14. The number of benzene rings is 2. The average molecular weight is 426 g/mol. The molecule has 0 aliphatic carbocycles. The van der Waals surface area contributed by atoms with Crippen LogP contribution in [-0.2, 0) is 9.84 Å². The molecule has 0 fully saturated rings. The maximum Gasteiger partial charge on any atom is 0.231 e. The van der Waals surface area contributed by atoms with Crippen molar-refractivity contribution in [2.75, 3.05) is 23.5 Å². The van der Waals surface area contributed by atoms with Gasteiger partial charge in [-0.3, -0.25) is 5.10 Å². The first kappa shape index (κ1) is 19.8. The van der Waals surface area contributed by atoms with Gasteiger partial charge in [-0.15, -0.1) is 0 Å². The highest BCUT2D eigenvalue weighted by molar-refractivity contribution is 7.90. The highest BCUT2D eigenvalue weighted by Crippen LogP contribution is 2.28. The molecule has 4 aromatic rings. The van der Waals surface area contributed by atoms with E-state index in [1.165, 1.54) is 12.3 Å². The van der Waals surface area contributed by atoms with E-state index in [-0.39, 0.29) is 4.90 Å². The standard InChI is InChI=1S/C20H19FN6O2S/c1-12-7-8-13(11-16(12)30(3,28)29)27(2)20-22-10-9-17(24-20)23-19-18-14(21)5-4-6-15(18)25-26-19/h4-11H,1-3H3,(H2,22,23,24,25,26). The summed E-state index contributed by atoms with van der Waals surface area (Å²) in [6, 6.07) is 11.4. The van der Waals surface area contributed by atoms with Gasteiger partial charge in [0.2, 0.25) is 5.95 Å². The molecule has 0 saturated heterocycles. The Morgan fingerprint density at radius 2 is 1.97 bits per heavy atom. The van der Waals surface area contributed by atoms with E-state index < -0.39 is 15.7 Å². The van der Waals surface area contributed by atoms with Crippen LogP contribution < -0.4 is 10.2 Å². The molecule has 30 heavy (non-hydrogen) atoms. The molecule has 2 aromatic carbocycles. The summed E-state index contributed by atoms with van der Waals surface area (Å²) >= 11 is 0. The third-order valence-corrected chi connectivity index (χ3v) is 5.93. The van der Waals surface area contributed by atoms with Crippen molar-refractivity contribution in [2.24, 2.45) is 0 Å². The molecule has 0 atom stereocenters. The lowest BCUT2D eigenvalue weighted by molar-refractivity contribution is 0.601. The number of nitrogens with one attached hydrogen (secondary N) is 2. The second-order valence-electron chi connectivity index (χ2n) is 6.88. The van der Waals surface area contributed by atoms with Gasteiger partial charge in [-0.1, -0.05) is 12.1 Å². The molecular weight excluding hydrogens is 407 g/mol. The molecule has 0 bridgehead atoms. The van der Waals surface area contributed by atoms with Crippen LogP contribution in [0.1, 0.15) is 5.56 Å². The van der Waals surface area contributed by atoms with E-state index in [4.69, 9.17) is 0 Å². The monoisotopic (exact) mass is 426 g/mol. The Bertz CT molecular complexity index is 1350. The minimum Gasteiger partial charge on any atom is -0.323 e. The van der Waals surface area contributed by atoms with Crippen molar-refractivity contribution >= 4 is 44.0 Å². The number of hydrogen-bond donors (Lipinski definition) is 2. The van der Waals surface area contributed by atoms with Crippen molar-refractivity contribution < 1.29 is 12.8 Å². The van der Waals surface area contributed by atoms with Crippen LogP contribution in [0.5, 0.6) is 0 Å². The Balaban J connectivity index is 1.67. The molecular formula is C20H19FN6O2S. The van der Waals surface area contributed by atoms with E-state index in [0.29, 0.717) is 39.7 Å². The first-order chi connectivity index (χ1) is 14.2. The number of aryl methyl sites for hydroxylation is 1. The van der Waals surface area contributed by atoms with Gasteiger partial charge in [0, 0.05) is 25.2 Å². The fourth-order valence-corrected chi connectivity index (χ4v) is 4.12. The number of halogens is 1. The number of aromatic amines is 1. The summed E-state index contributed by atoms with van der Waals surface area (Å²) in [5.74, 6) is 0.663. The van der Waals surface area contributed by atoms with Gasteiger partial charge in [0.25, 0.3) is 0 Å². The minimum atomic E-state index is -3.37. The van der Waals surface area contributed by atoms with Crippen molar-refractivity contribution in [3.63, 3.8) is 0 Å². The molecule has 4 rings (SSSR count). The molecule has 0 saturated carbocycles. The van der Waals surface area contributed by atoms with Gasteiger partial charge in [0.15, 0.2) is 15.7 Å². The maximum atomic E-state index is 14.2. The molecule has 0 spiro atoms. The number of hydrogen-bond acceptors (Lipinski definition) is 7.